The van der Waals surface area contributed by atoms with Crippen molar-refractivity contribution in [3.63, 3.8) is 0 Å². The Balaban J connectivity index is 2.33. The second kappa shape index (κ2) is 8.21. The number of nitrogens with one attached hydrogen (secondary N) is 1. The summed E-state index contributed by atoms with van der Waals surface area (Å²) < 4.78 is 15.7. The maximum Gasteiger partial charge on any atom is 0.336 e. The van der Waals surface area contributed by atoms with Gasteiger partial charge in [-0.3, -0.25) is 14.2 Å². The van der Waals surface area contributed by atoms with Crippen molar-refractivity contribution in [2.45, 2.75) is 32.7 Å². The van der Waals surface area contributed by atoms with Crippen LogP contribution in [0.1, 0.15) is 32.7 Å². The summed E-state index contributed by atoms with van der Waals surface area (Å²) in [4.78, 5) is 39.0. The molecule has 1 N–H and O–H groups in total. The topological polar surface area (TPSA) is 73.1 Å². The molecule has 1 amide bonds. The zero-order valence-electron chi connectivity index (χ0n) is 15.8. The lowest BCUT2D eigenvalue weighted by atomic mass is 10.1. The fraction of sp³-hybridized carbons (Fsp3) is 0.286. The molecule has 1 aromatic heterocycles. The molecule has 3 rings (SSSR count). The fourth-order valence-electron chi connectivity index (χ4n) is 3.25. The van der Waals surface area contributed by atoms with Gasteiger partial charge in [0.2, 0.25) is 5.91 Å². The highest BCUT2D eigenvalue weighted by Gasteiger charge is 2.24. The van der Waals surface area contributed by atoms with E-state index in [4.69, 9.17) is 0 Å². The number of nitrogens with zero attached hydrogens (tertiary/aromatic N) is 2. The molecule has 0 aliphatic heterocycles. The largest absolute Gasteiger partial charge is 0.354 e. The molecular weight excluding hydrogens is 361 g/mol. The van der Waals surface area contributed by atoms with Crippen molar-refractivity contribution in [3.8, 4) is 5.69 Å². The molecule has 0 radical (unpaired) electrons. The second-order valence-electron chi connectivity index (χ2n) is 6.50. The number of rotatable bonds is 6. The Hall–Kier alpha value is -3.22. The predicted octanol–water partition coefficient (Wildman–Crippen LogP) is 2.77. The number of para-hydroxylation sites is 1. The van der Waals surface area contributed by atoms with Gasteiger partial charge in [0.1, 0.15) is 11.9 Å². The van der Waals surface area contributed by atoms with E-state index in [1.807, 2.05) is 13.8 Å². The van der Waals surface area contributed by atoms with E-state index in [1.165, 1.54) is 28.8 Å². The first-order valence-electron chi connectivity index (χ1n) is 9.29. The Kier molecular flexibility index (Phi) is 5.73. The molecule has 0 spiro atoms. The maximum atomic E-state index is 13.3. The Bertz CT molecular complexity index is 1120. The van der Waals surface area contributed by atoms with E-state index >= 15 is 0 Å². The van der Waals surface area contributed by atoms with Gasteiger partial charge in [0.25, 0.3) is 5.56 Å². The average Bonchev–Trinajstić information content (AvgIpc) is 2.70. The number of hydrogen-bond acceptors (Lipinski definition) is 3. The number of carbonyl (C=O) groups is 1. The molecule has 1 heterocycles. The Morgan fingerprint density at radius 1 is 1.07 bits per heavy atom. The van der Waals surface area contributed by atoms with Crippen LogP contribution in [0.3, 0.4) is 0 Å². The van der Waals surface area contributed by atoms with Gasteiger partial charge in [-0.05, 0) is 49.2 Å². The van der Waals surface area contributed by atoms with E-state index in [1.54, 1.807) is 24.3 Å². The first kappa shape index (κ1) is 19.5. The quantitative estimate of drug-likeness (QED) is 0.711. The molecule has 2 aromatic carbocycles. The predicted molar refractivity (Wildman–Crippen MR) is 106 cm³/mol. The van der Waals surface area contributed by atoms with Crippen LogP contribution in [0, 0.1) is 5.82 Å². The van der Waals surface area contributed by atoms with Crippen molar-refractivity contribution in [3.05, 3.63) is 75.2 Å². The summed E-state index contributed by atoms with van der Waals surface area (Å²) in [6.45, 7) is 4.25. The van der Waals surface area contributed by atoms with Crippen LogP contribution in [-0.2, 0) is 4.79 Å². The zero-order chi connectivity index (χ0) is 20.3. The van der Waals surface area contributed by atoms with E-state index in [-0.39, 0.29) is 11.6 Å². The first-order valence-corrected chi connectivity index (χ1v) is 9.29. The Morgan fingerprint density at radius 3 is 2.39 bits per heavy atom. The van der Waals surface area contributed by atoms with Gasteiger partial charge >= 0.3 is 5.69 Å². The van der Waals surface area contributed by atoms with Crippen molar-refractivity contribution in [2.75, 3.05) is 6.54 Å². The minimum atomic E-state index is -0.767. The second-order valence-corrected chi connectivity index (χ2v) is 6.50. The summed E-state index contributed by atoms with van der Waals surface area (Å²) in [6.07, 6.45) is 1.15. The van der Waals surface area contributed by atoms with Crippen molar-refractivity contribution in [2.24, 2.45) is 0 Å². The van der Waals surface area contributed by atoms with Gasteiger partial charge in [-0.1, -0.05) is 26.0 Å². The van der Waals surface area contributed by atoms with Gasteiger partial charge in [-0.2, -0.15) is 0 Å². The van der Waals surface area contributed by atoms with Gasteiger partial charge in [-0.25, -0.2) is 13.8 Å². The summed E-state index contributed by atoms with van der Waals surface area (Å²) in [5.74, 6) is -0.746. The van der Waals surface area contributed by atoms with E-state index < -0.39 is 23.1 Å². The van der Waals surface area contributed by atoms with Crippen LogP contribution < -0.4 is 16.6 Å². The molecule has 0 unspecified atom stereocenters. The van der Waals surface area contributed by atoms with Crippen LogP contribution in [0.4, 0.5) is 4.39 Å². The fourth-order valence-corrected chi connectivity index (χ4v) is 3.25. The summed E-state index contributed by atoms with van der Waals surface area (Å²) in [5, 5.41) is 3.13. The van der Waals surface area contributed by atoms with Crippen LogP contribution in [0.5, 0.6) is 0 Å². The lowest BCUT2D eigenvalue weighted by Crippen LogP contribution is -2.44. The number of benzene rings is 2. The number of amides is 1. The lowest BCUT2D eigenvalue weighted by Gasteiger charge is -2.21. The molecule has 7 heteroatoms. The molecule has 0 saturated carbocycles. The molecule has 0 fully saturated rings. The molecule has 146 valence electrons. The third-order valence-corrected chi connectivity index (χ3v) is 4.63. The molecular formula is C21H22FN3O3. The highest BCUT2D eigenvalue weighted by Crippen LogP contribution is 2.17. The lowest BCUT2D eigenvalue weighted by molar-refractivity contribution is -0.124. The zero-order valence-corrected chi connectivity index (χ0v) is 15.8. The van der Waals surface area contributed by atoms with E-state index in [9.17, 15) is 18.8 Å². The van der Waals surface area contributed by atoms with Gasteiger partial charge in [-0.15, -0.1) is 0 Å². The van der Waals surface area contributed by atoms with Gasteiger partial charge in [0.15, 0.2) is 0 Å². The van der Waals surface area contributed by atoms with Gasteiger partial charge in [0, 0.05) is 6.54 Å². The minimum absolute atomic E-state index is 0.250. The van der Waals surface area contributed by atoms with Crippen molar-refractivity contribution in [1.29, 1.82) is 0 Å². The van der Waals surface area contributed by atoms with Gasteiger partial charge < -0.3 is 5.32 Å². The Labute approximate surface area is 161 Å². The third-order valence-electron chi connectivity index (χ3n) is 4.63. The molecule has 0 aliphatic rings. The number of carbonyl (C=O) groups excluding carboxylic acids is 1. The van der Waals surface area contributed by atoms with Crippen LogP contribution in [0.2, 0.25) is 0 Å². The van der Waals surface area contributed by atoms with Crippen LogP contribution in [0.25, 0.3) is 16.6 Å². The van der Waals surface area contributed by atoms with E-state index in [0.717, 1.165) is 11.0 Å². The molecule has 0 saturated heterocycles. The van der Waals surface area contributed by atoms with E-state index in [2.05, 4.69) is 5.32 Å². The van der Waals surface area contributed by atoms with Crippen molar-refractivity contribution >= 4 is 16.8 Å². The molecule has 0 bridgehead atoms. The number of halogens is 1. The van der Waals surface area contributed by atoms with Gasteiger partial charge in [0.05, 0.1) is 16.6 Å². The SMILES string of the molecule is CCCNC(=O)[C@@H](CC)n1c(=O)n(-c2ccc(F)cc2)c(=O)c2ccccc21. The minimum Gasteiger partial charge on any atom is -0.354 e. The molecule has 6 nitrogen and oxygen atoms in total. The molecule has 3 aromatic rings. The van der Waals surface area contributed by atoms with Crippen LogP contribution in [-0.4, -0.2) is 21.6 Å². The normalized spacial score (nSPS) is 12.1. The summed E-state index contributed by atoms with van der Waals surface area (Å²) in [7, 11) is 0. The Morgan fingerprint density at radius 2 is 1.75 bits per heavy atom. The van der Waals surface area contributed by atoms with Crippen molar-refractivity contribution < 1.29 is 9.18 Å². The molecule has 28 heavy (non-hydrogen) atoms. The molecule has 1 atom stereocenters. The van der Waals surface area contributed by atoms with Crippen LogP contribution >= 0.6 is 0 Å². The highest BCUT2D eigenvalue weighted by molar-refractivity contribution is 5.84. The van der Waals surface area contributed by atoms with Crippen LogP contribution in [0.15, 0.2) is 58.1 Å². The smallest absolute Gasteiger partial charge is 0.336 e. The standard InChI is InChI=1S/C21H22FN3O3/c1-3-13-23-19(26)17(4-2)25-18-8-6-5-7-16(18)20(27)24(21(25)28)15-11-9-14(22)10-12-15/h5-12,17H,3-4,13H2,1-2H3,(H,23,26)/t17-/m1/s1. The number of hydrogen-bond donors (Lipinski definition) is 1. The summed E-state index contributed by atoms with van der Waals surface area (Å²) >= 11 is 0. The average molecular weight is 383 g/mol. The summed E-state index contributed by atoms with van der Waals surface area (Å²) in [6, 6.07) is 11.0. The van der Waals surface area contributed by atoms with Crippen molar-refractivity contribution in [1.82, 2.24) is 14.5 Å². The summed E-state index contributed by atoms with van der Waals surface area (Å²) in [5.41, 5.74) is -0.491. The first-order chi connectivity index (χ1) is 13.5. The highest BCUT2D eigenvalue weighted by atomic mass is 19.1. The number of fused-ring (bicyclic) bond motifs is 1. The van der Waals surface area contributed by atoms with E-state index in [0.29, 0.717) is 23.9 Å². The monoisotopic (exact) mass is 383 g/mol. The number of aromatic nitrogens is 2. The maximum absolute atomic E-state index is 13.3. The molecule has 0 aliphatic carbocycles. The third kappa shape index (κ3) is 3.47.